The number of carbonyl (C=O) groups is 4. The van der Waals surface area contributed by atoms with Gasteiger partial charge in [-0.3, -0.25) is 19.1 Å². The van der Waals surface area contributed by atoms with Gasteiger partial charge in [-0.1, -0.05) is 62.1 Å². The van der Waals surface area contributed by atoms with Gasteiger partial charge in [0, 0.05) is 93.0 Å². The van der Waals surface area contributed by atoms with Crippen molar-refractivity contribution in [3.05, 3.63) is 101 Å². The zero-order valence-corrected chi connectivity index (χ0v) is 40.8. The molecule has 4 heterocycles. The van der Waals surface area contributed by atoms with Crippen LogP contribution in [0.3, 0.4) is 0 Å². The van der Waals surface area contributed by atoms with Crippen LogP contribution in [0.4, 0.5) is 11.4 Å². The number of likely N-dealkylation sites (tertiary alicyclic amines) is 2. The van der Waals surface area contributed by atoms with E-state index in [0.717, 1.165) is 102 Å². The Morgan fingerprint density at radius 1 is 0.912 bits per heavy atom. The van der Waals surface area contributed by atoms with Crippen molar-refractivity contribution < 1.29 is 24.3 Å². The average Bonchev–Trinajstić information content (AvgIpc) is 3.69. The van der Waals surface area contributed by atoms with E-state index in [1.165, 1.54) is 0 Å². The Morgan fingerprint density at radius 2 is 1.62 bits per heavy atom. The van der Waals surface area contributed by atoms with Gasteiger partial charge in [-0.25, -0.2) is 0 Å². The SMILES string of the molecule is CC.CNC(=O)C(CCC=O)c1nn(C)c2cc(N3CCC(C(=O)N4CCC(O)(CN5CCC(C#Cc6ccc(C(C)NC(=O)c7cc(N)ccc7C)c7ccccc67)CC5)CC4)CC3)ccc12. The number of amides is 3. The Hall–Kier alpha value is -6.23. The molecule has 8 rings (SSSR count). The standard InChI is InChI=1S/C53H64N8O5.C2H6/c1-35-11-15-40(54)32-47(35)51(64)56-36(2)42-17-14-38(43-8-5-6-9-44(42)43)13-12-37-19-25-59(26-20-37)34-53(66)23-29-61(30-24-53)52(65)39-21-27-60(28-22-39)41-16-18-45-48(33-41)58(4)57-49(45)46(10-7-31-62)50(63)55-3;1-2/h5-6,8-9,11,14-18,31-33,36-37,39,46,66H,7,10,19-30,34,54H2,1-4H3,(H,55,63)(H,56,64);1-2H3. The molecule has 0 saturated carbocycles. The maximum Gasteiger partial charge on any atom is 0.252 e. The first-order valence-corrected chi connectivity index (χ1v) is 24.6. The molecule has 3 fully saturated rings. The molecule has 360 valence electrons. The highest BCUT2D eigenvalue weighted by Gasteiger charge is 2.38. The van der Waals surface area contributed by atoms with E-state index in [1.54, 1.807) is 23.9 Å². The van der Waals surface area contributed by atoms with E-state index in [1.807, 2.05) is 63.9 Å². The Labute approximate surface area is 401 Å². The van der Waals surface area contributed by atoms with Crippen LogP contribution in [-0.4, -0.2) is 107 Å². The summed E-state index contributed by atoms with van der Waals surface area (Å²) in [6.07, 6.45) is 6.08. The van der Waals surface area contributed by atoms with Gasteiger partial charge >= 0.3 is 0 Å². The number of nitrogen functional groups attached to an aromatic ring is 1. The number of aromatic nitrogens is 2. The molecule has 2 atom stereocenters. The fourth-order valence-corrected chi connectivity index (χ4v) is 10.3. The number of likely N-dealkylation sites (N-methyl/N-ethyl adjacent to an activating group) is 1. The predicted octanol–water partition coefficient (Wildman–Crippen LogP) is 7.28. The van der Waals surface area contributed by atoms with E-state index in [0.29, 0.717) is 55.8 Å². The van der Waals surface area contributed by atoms with Gasteiger partial charge in [0.2, 0.25) is 11.8 Å². The number of benzene rings is 4. The van der Waals surface area contributed by atoms with Crippen molar-refractivity contribution in [2.24, 2.45) is 18.9 Å². The number of aliphatic hydroxyl groups is 1. The lowest BCUT2D eigenvalue weighted by atomic mass is 9.87. The third-order valence-electron chi connectivity index (χ3n) is 14.3. The first-order valence-electron chi connectivity index (χ1n) is 24.6. The maximum atomic E-state index is 13.8. The summed E-state index contributed by atoms with van der Waals surface area (Å²) >= 11 is 0. The number of rotatable bonds is 12. The zero-order valence-electron chi connectivity index (χ0n) is 40.8. The Bertz CT molecular complexity index is 2660. The summed E-state index contributed by atoms with van der Waals surface area (Å²) in [6, 6.07) is 23.7. The lowest BCUT2D eigenvalue weighted by Gasteiger charge is -2.43. The third-order valence-corrected chi connectivity index (χ3v) is 14.3. The number of aldehydes is 1. The molecule has 13 nitrogen and oxygen atoms in total. The molecular formula is C55H70N8O5. The predicted molar refractivity (Wildman–Crippen MR) is 271 cm³/mol. The molecule has 13 heteroatoms. The number of nitrogens with one attached hydrogen (secondary N) is 2. The smallest absolute Gasteiger partial charge is 0.252 e. The molecule has 2 unspecified atom stereocenters. The molecule has 5 N–H and O–H groups in total. The molecule has 0 spiro atoms. The molecule has 1 aromatic heterocycles. The minimum Gasteiger partial charge on any atom is -0.399 e. The van der Waals surface area contributed by atoms with Gasteiger partial charge in [0.15, 0.2) is 0 Å². The Balaban J connectivity index is 0.00000338. The number of nitrogens with two attached hydrogens (primary N) is 1. The fraction of sp³-hybridized carbons (Fsp3) is 0.473. The van der Waals surface area contributed by atoms with Crippen molar-refractivity contribution in [1.82, 2.24) is 30.2 Å². The van der Waals surface area contributed by atoms with Gasteiger partial charge in [-0.05, 0) is 130 Å². The van der Waals surface area contributed by atoms with Gasteiger partial charge in [0.05, 0.1) is 28.8 Å². The number of β-amino-alcohol motifs (C(OH)–C–C–N with tert-alkyl or cyclic N) is 1. The van der Waals surface area contributed by atoms with Crippen LogP contribution in [-0.2, 0) is 21.4 Å². The lowest BCUT2D eigenvalue weighted by molar-refractivity contribution is -0.141. The van der Waals surface area contributed by atoms with Gasteiger partial charge < -0.3 is 41.0 Å². The minimum atomic E-state index is -0.817. The molecule has 3 saturated heterocycles. The van der Waals surface area contributed by atoms with E-state index in [-0.39, 0.29) is 42.0 Å². The van der Waals surface area contributed by atoms with Gasteiger partial charge in [-0.15, -0.1) is 0 Å². The van der Waals surface area contributed by atoms with E-state index < -0.39 is 11.5 Å². The minimum absolute atomic E-state index is 0.0390. The second-order valence-corrected chi connectivity index (χ2v) is 18.8. The summed E-state index contributed by atoms with van der Waals surface area (Å²) in [5.41, 5.74) is 11.8. The van der Waals surface area contributed by atoms with Crippen LogP contribution >= 0.6 is 0 Å². The van der Waals surface area contributed by atoms with Crippen molar-refractivity contribution in [3.8, 4) is 11.8 Å². The van der Waals surface area contributed by atoms with Gasteiger partial charge in [-0.2, -0.15) is 5.10 Å². The quantitative estimate of drug-likeness (QED) is 0.0572. The molecule has 3 aliphatic heterocycles. The first kappa shape index (κ1) is 49.7. The fourth-order valence-electron chi connectivity index (χ4n) is 10.3. The average molecular weight is 923 g/mol. The highest BCUT2D eigenvalue weighted by molar-refractivity contribution is 5.98. The molecule has 5 aromatic rings. The maximum absolute atomic E-state index is 13.8. The summed E-state index contributed by atoms with van der Waals surface area (Å²) in [4.78, 5) is 57.5. The Morgan fingerprint density at radius 3 is 2.31 bits per heavy atom. The van der Waals surface area contributed by atoms with Crippen LogP contribution in [0.2, 0.25) is 0 Å². The summed E-state index contributed by atoms with van der Waals surface area (Å²) in [5.74, 6) is 6.69. The van der Waals surface area contributed by atoms with Gasteiger partial charge in [0.25, 0.3) is 5.91 Å². The number of fused-ring (bicyclic) bond motifs is 2. The normalized spacial score (nSPS) is 17.6. The number of carbonyl (C=O) groups excluding carboxylic acids is 4. The van der Waals surface area contributed by atoms with Crippen LogP contribution < -0.4 is 21.3 Å². The van der Waals surface area contributed by atoms with E-state index >= 15 is 0 Å². The van der Waals surface area contributed by atoms with Gasteiger partial charge in [0.1, 0.15) is 6.29 Å². The second-order valence-electron chi connectivity index (χ2n) is 18.8. The Kier molecular flexibility index (Phi) is 16.3. The number of piperidine rings is 3. The van der Waals surface area contributed by atoms with Crippen LogP contribution in [0.25, 0.3) is 21.7 Å². The zero-order chi connectivity index (χ0) is 48.5. The number of anilines is 2. The summed E-state index contributed by atoms with van der Waals surface area (Å²) in [7, 11) is 3.48. The first-order chi connectivity index (χ1) is 32.8. The molecule has 0 bridgehead atoms. The van der Waals surface area contributed by atoms with Crippen molar-refractivity contribution in [2.75, 3.05) is 63.5 Å². The second kappa shape index (κ2) is 22.3. The summed E-state index contributed by atoms with van der Waals surface area (Å²) in [5, 5.41) is 25.4. The van der Waals surface area contributed by atoms with Crippen LogP contribution in [0, 0.1) is 30.6 Å². The van der Waals surface area contributed by atoms with E-state index in [4.69, 9.17) is 10.8 Å². The van der Waals surface area contributed by atoms with Crippen LogP contribution in [0.15, 0.2) is 72.8 Å². The molecule has 3 amide bonds. The van der Waals surface area contributed by atoms with Crippen molar-refractivity contribution in [1.29, 1.82) is 0 Å². The highest BCUT2D eigenvalue weighted by Crippen LogP contribution is 2.34. The monoisotopic (exact) mass is 923 g/mol. The molecule has 4 aromatic carbocycles. The number of hydrogen-bond donors (Lipinski definition) is 4. The lowest BCUT2D eigenvalue weighted by Crippen LogP contribution is -2.54. The van der Waals surface area contributed by atoms with E-state index in [2.05, 4.69) is 68.7 Å². The van der Waals surface area contributed by atoms with Crippen molar-refractivity contribution in [3.63, 3.8) is 0 Å². The number of hydrogen-bond acceptors (Lipinski definition) is 9. The molecule has 68 heavy (non-hydrogen) atoms. The highest BCUT2D eigenvalue weighted by atomic mass is 16.3. The molecule has 0 radical (unpaired) electrons. The van der Waals surface area contributed by atoms with Crippen LogP contribution in [0.1, 0.15) is 117 Å². The van der Waals surface area contributed by atoms with E-state index in [9.17, 15) is 24.3 Å². The van der Waals surface area contributed by atoms with Crippen molar-refractivity contribution in [2.45, 2.75) is 96.6 Å². The summed E-state index contributed by atoms with van der Waals surface area (Å²) in [6.45, 7) is 12.9. The topological polar surface area (TPSA) is 166 Å². The third kappa shape index (κ3) is 11.2. The number of aryl methyl sites for hydroxylation is 2. The molecule has 0 aliphatic carbocycles. The van der Waals surface area contributed by atoms with Crippen molar-refractivity contribution >= 4 is 57.1 Å². The number of nitrogens with zero attached hydrogens (tertiary/aromatic N) is 5. The molecular weight excluding hydrogens is 853 g/mol. The molecule has 3 aliphatic rings. The van der Waals surface area contributed by atoms with Crippen LogP contribution in [0.5, 0.6) is 0 Å². The summed E-state index contributed by atoms with van der Waals surface area (Å²) < 4.78 is 1.80. The largest absolute Gasteiger partial charge is 0.399 e.